The van der Waals surface area contributed by atoms with E-state index < -0.39 is 40.4 Å². The highest BCUT2D eigenvalue weighted by atomic mass is 32.2. The van der Waals surface area contributed by atoms with Gasteiger partial charge in [0.2, 0.25) is 23.1 Å². The van der Waals surface area contributed by atoms with E-state index in [4.69, 9.17) is 4.74 Å². The number of ether oxygens (including phenoxy) is 1. The lowest BCUT2D eigenvalue weighted by molar-refractivity contribution is 0.137. The Morgan fingerprint density at radius 3 is 2.63 bits per heavy atom. The van der Waals surface area contributed by atoms with E-state index in [0.29, 0.717) is 23.4 Å². The fourth-order valence-corrected chi connectivity index (χ4v) is 5.52. The van der Waals surface area contributed by atoms with Crippen molar-refractivity contribution in [3.63, 3.8) is 0 Å². The van der Waals surface area contributed by atoms with Crippen molar-refractivity contribution < 1.29 is 26.7 Å². The summed E-state index contributed by atoms with van der Waals surface area (Å²) in [7, 11) is 0. The summed E-state index contributed by atoms with van der Waals surface area (Å²) in [6, 6.07) is 11.4. The van der Waals surface area contributed by atoms with E-state index in [-0.39, 0.29) is 42.0 Å². The predicted octanol–water partition coefficient (Wildman–Crippen LogP) is 5.54. The zero-order chi connectivity index (χ0) is 30.7. The Bertz CT molecular complexity index is 1640. The average molecular weight is 613 g/mol. The number of benzene rings is 2. The molecule has 3 heterocycles. The summed E-state index contributed by atoms with van der Waals surface area (Å²) in [5.41, 5.74) is 0.516. The van der Waals surface area contributed by atoms with Gasteiger partial charge in [-0.25, -0.2) is 37.1 Å². The quantitative estimate of drug-likeness (QED) is 0.182. The molecule has 2 aromatic carbocycles. The fraction of sp³-hybridized carbons (Fsp3) is 0.300. The Labute approximate surface area is 249 Å². The van der Waals surface area contributed by atoms with Crippen molar-refractivity contribution in [2.45, 2.75) is 44.9 Å². The van der Waals surface area contributed by atoms with Gasteiger partial charge >= 0.3 is 0 Å². The molecule has 4 atom stereocenters. The zero-order valence-corrected chi connectivity index (χ0v) is 24.5. The Balaban J connectivity index is 1.45. The van der Waals surface area contributed by atoms with Crippen molar-refractivity contribution in [1.29, 1.82) is 0 Å². The van der Waals surface area contributed by atoms with Crippen LogP contribution in [0.2, 0.25) is 0 Å². The third-order valence-corrected chi connectivity index (χ3v) is 7.59. The zero-order valence-electron chi connectivity index (χ0n) is 23.7. The molecule has 0 aliphatic carbocycles. The summed E-state index contributed by atoms with van der Waals surface area (Å²) < 4.78 is 75.4. The van der Waals surface area contributed by atoms with Crippen molar-refractivity contribution in [3.05, 3.63) is 94.8 Å². The van der Waals surface area contributed by atoms with Crippen LogP contribution in [-0.4, -0.2) is 48.5 Å². The van der Waals surface area contributed by atoms with Crippen molar-refractivity contribution in [1.82, 2.24) is 25.0 Å². The lowest BCUT2D eigenvalue weighted by Gasteiger charge is -2.33. The SMILES string of the molecule is Cc1ccc(C(NS(=O)O)c2cc(F)c(Oc3ncccc3-c3ccnc(N[C@@H]4CNC[C@@](C)(F)C4)n3)c(C)c2F)cc1. The molecule has 226 valence electrons. The molecule has 2 aromatic heterocycles. The van der Waals surface area contributed by atoms with E-state index in [9.17, 15) is 13.2 Å². The molecule has 5 rings (SSSR count). The van der Waals surface area contributed by atoms with Crippen LogP contribution in [0.25, 0.3) is 11.3 Å². The van der Waals surface area contributed by atoms with Crippen LogP contribution in [0.4, 0.5) is 19.1 Å². The number of aryl methyl sites for hydroxylation is 1. The van der Waals surface area contributed by atoms with Gasteiger partial charge < -0.3 is 15.4 Å². The summed E-state index contributed by atoms with van der Waals surface area (Å²) >= 11 is -2.51. The molecular weight excluding hydrogens is 581 g/mol. The Morgan fingerprint density at radius 1 is 1.14 bits per heavy atom. The number of hydrogen-bond donors (Lipinski definition) is 4. The summed E-state index contributed by atoms with van der Waals surface area (Å²) in [6.45, 7) is 5.57. The standard InChI is InChI=1S/C30H31F3N6O3S/c1-17-6-8-19(9-7-17)26(39-43(40)41)22-13-23(31)27(18(2)25(22)32)42-28-21(5-4-11-35-28)24-10-12-36-29(38-24)37-20-14-30(3,33)16-34-15-20/h4-13,20,26,34,39H,14-16H2,1-3H3,(H,40,41)(H,36,37,38)/t20-,26?,30-/m0/s1. The molecule has 43 heavy (non-hydrogen) atoms. The number of nitrogens with zero attached hydrogens (tertiary/aromatic N) is 3. The minimum Gasteiger partial charge on any atom is -0.435 e. The second-order valence-corrected chi connectivity index (χ2v) is 11.5. The Kier molecular flexibility index (Phi) is 9.06. The minimum absolute atomic E-state index is 0.0263. The summed E-state index contributed by atoms with van der Waals surface area (Å²) in [5, 5.41) is 6.20. The predicted molar refractivity (Wildman–Crippen MR) is 158 cm³/mol. The Hall–Kier alpha value is -3.91. The Morgan fingerprint density at radius 2 is 1.91 bits per heavy atom. The van der Waals surface area contributed by atoms with Crippen LogP contribution in [0.3, 0.4) is 0 Å². The molecular formula is C30H31F3N6O3S. The number of pyridine rings is 1. The van der Waals surface area contributed by atoms with Gasteiger partial charge in [0, 0.05) is 49.1 Å². The fourth-order valence-electron chi connectivity index (χ4n) is 5.06. The minimum atomic E-state index is -2.51. The molecule has 0 spiro atoms. The van der Waals surface area contributed by atoms with Gasteiger partial charge in [-0.1, -0.05) is 29.8 Å². The van der Waals surface area contributed by atoms with Gasteiger partial charge in [-0.3, -0.25) is 4.55 Å². The van der Waals surface area contributed by atoms with Crippen LogP contribution in [0.15, 0.2) is 60.9 Å². The number of alkyl halides is 1. The van der Waals surface area contributed by atoms with Gasteiger partial charge in [-0.2, -0.15) is 0 Å². The van der Waals surface area contributed by atoms with Crippen molar-refractivity contribution in [2.75, 3.05) is 18.4 Å². The van der Waals surface area contributed by atoms with Crippen LogP contribution in [0.1, 0.15) is 41.6 Å². The first-order chi connectivity index (χ1) is 20.5. The summed E-state index contributed by atoms with van der Waals surface area (Å²) in [6.07, 6.45) is 3.25. The highest BCUT2D eigenvalue weighted by Gasteiger charge is 2.32. The molecule has 0 bridgehead atoms. The molecule has 1 aliphatic rings. The van der Waals surface area contributed by atoms with Crippen LogP contribution in [-0.2, 0) is 11.3 Å². The molecule has 0 radical (unpaired) electrons. The van der Waals surface area contributed by atoms with Gasteiger partial charge in [0.1, 0.15) is 11.5 Å². The lowest BCUT2D eigenvalue weighted by Crippen LogP contribution is -2.50. The van der Waals surface area contributed by atoms with Gasteiger partial charge in [0.05, 0.1) is 17.3 Å². The second kappa shape index (κ2) is 12.8. The number of halogens is 3. The molecule has 13 heteroatoms. The average Bonchev–Trinajstić information content (AvgIpc) is 2.96. The van der Waals surface area contributed by atoms with E-state index in [1.54, 1.807) is 42.5 Å². The maximum atomic E-state index is 15.8. The van der Waals surface area contributed by atoms with Crippen molar-refractivity contribution >= 4 is 17.2 Å². The molecule has 9 nitrogen and oxygen atoms in total. The van der Waals surface area contributed by atoms with E-state index in [1.165, 1.54) is 26.2 Å². The van der Waals surface area contributed by atoms with Crippen LogP contribution >= 0.6 is 0 Å². The summed E-state index contributed by atoms with van der Waals surface area (Å²) in [5.74, 6) is -1.85. The third kappa shape index (κ3) is 7.19. The molecule has 1 saturated heterocycles. The van der Waals surface area contributed by atoms with Crippen LogP contribution in [0.5, 0.6) is 11.6 Å². The largest absolute Gasteiger partial charge is 0.435 e. The lowest BCUT2D eigenvalue weighted by atomic mass is 9.95. The molecule has 0 saturated carbocycles. The third-order valence-electron chi connectivity index (χ3n) is 7.15. The van der Waals surface area contributed by atoms with Crippen molar-refractivity contribution in [2.24, 2.45) is 0 Å². The van der Waals surface area contributed by atoms with Crippen LogP contribution in [0, 0.1) is 25.5 Å². The first-order valence-corrected chi connectivity index (χ1v) is 14.7. The molecule has 1 aliphatic heterocycles. The number of aromatic nitrogens is 3. The van der Waals surface area contributed by atoms with E-state index in [2.05, 4.69) is 30.3 Å². The molecule has 1 fully saturated rings. The van der Waals surface area contributed by atoms with Gasteiger partial charge in [-0.05, 0) is 50.6 Å². The van der Waals surface area contributed by atoms with E-state index in [1.807, 2.05) is 6.92 Å². The monoisotopic (exact) mass is 612 g/mol. The normalized spacial score (nSPS) is 19.9. The second-order valence-electron chi connectivity index (χ2n) is 10.7. The maximum absolute atomic E-state index is 15.8. The number of nitrogens with one attached hydrogen (secondary N) is 3. The molecule has 0 amide bonds. The molecule has 2 unspecified atom stereocenters. The van der Waals surface area contributed by atoms with Gasteiger partial charge in [0.25, 0.3) is 0 Å². The van der Waals surface area contributed by atoms with E-state index >= 15 is 8.78 Å². The maximum Gasteiger partial charge on any atom is 0.232 e. The van der Waals surface area contributed by atoms with Gasteiger partial charge in [0.15, 0.2) is 11.6 Å². The van der Waals surface area contributed by atoms with Crippen molar-refractivity contribution in [3.8, 4) is 22.9 Å². The smallest absolute Gasteiger partial charge is 0.232 e. The molecule has 4 N–H and O–H groups in total. The number of hydrogen-bond acceptors (Lipinski definition) is 7. The topological polar surface area (TPSA) is 121 Å². The summed E-state index contributed by atoms with van der Waals surface area (Å²) in [4.78, 5) is 13.0. The highest BCUT2D eigenvalue weighted by molar-refractivity contribution is 7.77. The number of piperidine rings is 1. The first kappa shape index (κ1) is 30.5. The highest BCUT2D eigenvalue weighted by Crippen LogP contribution is 2.38. The van der Waals surface area contributed by atoms with E-state index in [0.717, 1.165) is 11.6 Å². The van der Waals surface area contributed by atoms with Crippen LogP contribution < -0.4 is 20.1 Å². The molecule has 4 aromatic rings. The first-order valence-electron chi connectivity index (χ1n) is 13.6. The van der Waals surface area contributed by atoms with Gasteiger partial charge in [-0.15, -0.1) is 0 Å². The number of anilines is 1. The number of rotatable bonds is 9.